The molecule has 0 aliphatic heterocycles. The number of aryl methyl sites for hydroxylation is 2. The molecule has 0 aromatic carbocycles. The summed E-state index contributed by atoms with van der Waals surface area (Å²) in [6.07, 6.45) is 4.16. The molecule has 0 fully saturated rings. The Bertz CT molecular complexity index is 717. The van der Waals surface area contributed by atoms with E-state index in [1.807, 2.05) is 0 Å². The van der Waals surface area contributed by atoms with Crippen LogP contribution >= 0.6 is 0 Å². The molecular formula is C12H12FN3O3S. The van der Waals surface area contributed by atoms with Gasteiger partial charge < -0.3 is 4.55 Å². The van der Waals surface area contributed by atoms with Gasteiger partial charge in [-0.1, -0.05) is 4.68 Å². The number of halogens is 1. The number of nitrogens with zero attached hydrogens (tertiary/aromatic N) is 3. The molecular weight excluding hydrogens is 285 g/mol. The lowest BCUT2D eigenvalue weighted by atomic mass is 10.1. The summed E-state index contributed by atoms with van der Waals surface area (Å²) in [5.74, 6) is -0.927. The third-order valence-corrected chi connectivity index (χ3v) is 3.34. The molecule has 0 aliphatic rings. The molecule has 0 amide bonds. The molecule has 6 nitrogen and oxygen atoms in total. The Morgan fingerprint density at radius 3 is 2.70 bits per heavy atom. The second-order valence-corrected chi connectivity index (χ2v) is 5.78. The summed E-state index contributed by atoms with van der Waals surface area (Å²) < 4.78 is 45.9. The van der Waals surface area contributed by atoms with Crippen molar-refractivity contribution in [2.45, 2.75) is 13.5 Å². The van der Waals surface area contributed by atoms with Gasteiger partial charge in [0.05, 0.1) is 17.6 Å². The van der Waals surface area contributed by atoms with E-state index in [2.05, 4.69) is 10.1 Å². The van der Waals surface area contributed by atoms with Crippen molar-refractivity contribution in [1.29, 1.82) is 0 Å². The van der Waals surface area contributed by atoms with E-state index in [1.165, 1.54) is 16.9 Å². The Labute approximate surface area is 115 Å². The molecule has 0 bridgehead atoms. The second kappa shape index (κ2) is 5.59. The molecule has 2 rings (SSSR count). The van der Waals surface area contributed by atoms with Crippen molar-refractivity contribution in [3.63, 3.8) is 0 Å². The minimum Gasteiger partial charge on any atom is -0.748 e. The van der Waals surface area contributed by atoms with E-state index < -0.39 is 21.7 Å². The molecule has 0 aliphatic carbocycles. The Morgan fingerprint density at radius 2 is 2.15 bits per heavy atom. The van der Waals surface area contributed by atoms with Crippen LogP contribution in [0.15, 0.2) is 30.7 Å². The number of rotatable bonds is 4. The van der Waals surface area contributed by atoms with Gasteiger partial charge in [0.15, 0.2) is 12.7 Å². The lowest BCUT2D eigenvalue weighted by molar-refractivity contribution is -0.750. The minimum absolute atomic E-state index is 0.0120. The molecule has 2 heterocycles. The van der Waals surface area contributed by atoms with Crippen LogP contribution in [-0.4, -0.2) is 28.8 Å². The van der Waals surface area contributed by atoms with E-state index in [9.17, 15) is 17.4 Å². The fraction of sp³-hybridized carbons (Fsp3) is 0.250. The summed E-state index contributed by atoms with van der Waals surface area (Å²) in [4.78, 5) is 3.99. The average molecular weight is 297 g/mol. The number of hydrogen-bond donors (Lipinski definition) is 0. The number of pyridine rings is 1. The first-order valence-corrected chi connectivity index (χ1v) is 7.35. The van der Waals surface area contributed by atoms with Crippen LogP contribution < -0.4 is 4.68 Å². The topological polar surface area (TPSA) is 86.9 Å². The highest BCUT2D eigenvalue weighted by molar-refractivity contribution is 7.85. The third kappa shape index (κ3) is 3.78. The van der Waals surface area contributed by atoms with Crippen molar-refractivity contribution in [2.75, 3.05) is 5.75 Å². The van der Waals surface area contributed by atoms with Crippen molar-refractivity contribution in [3.8, 4) is 11.3 Å². The standard InChI is InChI=1S/C12H12FN3O3S/c1-9-6-11(13)8-14-12(9)10-2-3-16(15-7-10)4-5-20(17,18)19/h2-3,6-8H,4-5H2,1H3. The fourth-order valence-corrected chi connectivity index (χ4v) is 2.12. The highest BCUT2D eigenvalue weighted by Gasteiger charge is 2.10. The van der Waals surface area contributed by atoms with Crippen LogP contribution in [-0.2, 0) is 16.7 Å². The van der Waals surface area contributed by atoms with Crippen molar-refractivity contribution >= 4 is 10.1 Å². The van der Waals surface area contributed by atoms with Gasteiger partial charge >= 0.3 is 0 Å². The van der Waals surface area contributed by atoms with E-state index in [4.69, 9.17) is 0 Å². The van der Waals surface area contributed by atoms with Crippen molar-refractivity contribution in [3.05, 3.63) is 42.1 Å². The third-order valence-electron chi connectivity index (χ3n) is 2.66. The van der Waals surface area contributed by atoms with Gasteiger partial charge in [-0.15, -0.1) is 0 Å². The normalized spacial score (nSPS) is 11.6. The van der Waals surface area contributed by atoms with Gasteiger partial charge in [-0.25, -0.2) is 12.8 Å². The van der Waals surface area contributed by atoms with Crippen molar-refractivity contribution < 1.29 is 22.0 Å². The monoisotopic (exact) mass is 297 g/mol. The maximum atomic E-state index is 13.0. The van der Waals surface area contributed by atoms with Gasteiger partial charge in [0.1, 0.15) is 22.1 Å². The number of aromatic nitrogens is 3. The van der Waals surface area contributed by atoms with Crippen LogP contribution in [0.25, 0.3) is 11.3 Å². The lowest BCUT2D eigenvalue weighted by Gasteiger charge is -2.04. The Morgan fingerprint density at radius 1 is 1.40 bits per heavy atom. The van der Waals surface area contributed by atoms with Gasteiger partial charge in [0.2, 0.25) is 0 Å². The van der Waals surface area contributed by atoms with E-state index in [0.29, 0.717) is 16.8 Å². The summed E-state index contributed by atoms with van der Waals surface area (Å²) in [5, 5.41) is 4.00. The SMILES string of the molecule is Cc1cc(F)cnc1-c1cc[n+](CCS(=O)(=O)[O-])nc1. The zero-order valence-corrected chi connectivity index (χ0v) is 11.5. The Balaban J connectivity index is 2.19. The maximum absolute atomic E-state index is 13.0. The van der Waals surface area contributed by atoms with Crippen LogP contribution in [0.3, 0.4) is 0 Å². The molecule has 106 valence electrons. The first-order chi connectivity index (χ1) is 9.35. The summed E-state index contributed by atoms with van der Waals surface area (Å²) in [6.45, 7) is 1.72. The van der Waals surface area contributed by atoms with Gasteiger partial charge in [-0.2, -0.15) is 0 Å². The van der Waals surface area contributed by atoms with Crippen molar-refractivity contribution in [1.82, 2.24) is 10.1 Å². The predicted octanol–water partition coefficient (Wildman–Crippen LogP) is 0.424. The predicted molar refractivity (Wildman–Crippen MR) is 66.9 cm³/mol. The van der Waals surface area contributed by atoms with E-state index in [1.54, 1.807) is 19.2 Å². The summed E-state index contributed by atoms with van der Waals surface area (Å²) in [7, 11) is -4.26. The van der Waals surface area contributed by atoms with Crippen LogP contribution in [0.2, 0.25) is 0 Å². The van der Waals surface area contributed by atoms with Crippen LogP contribution in [0, 0.1) is 12.7 Å². The molecule has 20 heavy (non-hydrogen) atoms. The molecule has 0 spiro atoms. The molecule has 0 atom stereocenters. The number of hydrogen-bond acceptors (Lipinski definition) is 5. The molecule has 0 saturated heterocycles. The summed E-state index contributed by atoms with van der Waals surface area (Å²) in [5.41, 5.74) is 1.96. The molecule has 2 aromatic heterocycles. The Hall–Kier alpha value is -1.93. The van der Waals surface area contributed by atoms with Gasteiger partial charge in [-0.05, 0) is 23.7 Å². The fourth-order valence-electron chi connectivity index (χ4n) is 1.70. The Kier molecular flexibility index (Phi) is 4.05. The van der Waals surface area contributed by atoms with Gasteiger partial charge in [0, 0.05) is 11.6 Å². The molecule has 0 radical (unpaired) electrons. The van der Waals surface area contributed by atoms with E-state index in [0.717, 1.165) is 6.20 Å². The van der Waals surface area contributed by atoms with E-state index in [-0.39, 0.29) is 6.54 Å². The zero-order chi connectivity index (χ0) is 14.8. The van der Waals surface area contributed by atoms with Gasteiger partial charge in [-0.3, -0.25) is 4.98 Å². The maximum Gasteiger partial charge on any atom is 0.197 e. The molecule has 8 heteroatoms. The minimum atomic E-state index is -4.26. The van der Waals surface area contributed by atoms with Crippen LogP contribution in [0.5, 0.6) is 0 Å². The highest BCUT2D eigenvalue weighted by Crippen LogP contribution is 2.19. The quantitative estimate of drug-likeness (QED) is 0.603. The summed E-state index contributed by atoms with van der Waals surface area (Å²) >= 11 is 0. The van der Waals surface area contributed by atoms with E-state index >= 15 is 0 Å². The zero-order valence-electron chi connectivity index (χ0n) is 10.7. The summed E-state index contributed by atoms with van der Waals surface area (Å²) in [6, 6.07) is 3.05. The molecule has 2 aromatic rings. The average Bonchev–Trinajstić information content (AvgIpc) is 2.36. The lowest BCUT2D eigenvalue weighted by Crippen LogP contribution is -2.40. The first kappa shape index (κ1) is 14.5. The van der Waals surface area contributed by atoms with Gasteiger partial charge in [0.25, 0.3) is 0 Å². The first-order valence-electron chi connectivity index (χ1n) is 5.77. The highest BCUT2D eigenvalue weighted by atomic mass is 32.2. The largest absolute Gasteiger partial charge is 0.748 e. The second-order valence-electron chi connectivity index (χ2n) is 4.26. The smallest absolute Gasteiger partial charge is 0.197 e. The molecule has 0 N–H and O–H groups in total. The van der Waals surface area contributed by atoms with Crippen molar-refractivity contribution in [2.24, 2.45) is 0 Å². The molecule has 0 unspecified atom stereocenters. The van der Waals surface area contributed by atoms with Crippen LogP contribution in [0.1, 0.15) is 5.56 Å². The molecule has 0 saturated carbocycles. The van der Waals surface area contributed by atoms with Crippen LogP contribution in [0.4, 0.5) is 4.39 Å².